The van der Waals surface area contributed by atoms with Crippen molar-refractivity contribution < 1.29 is 14.3 Å². The Morgan fingerprint density at radius 1 is 1.03 bits per heavy atom. The highest BCUT2D eigenvalue weighted by Crippen LogP contribution is 2.28. The first-order valence-corrected chi connectivity index (χ1v) is 9.23. The van der Waals surface area contributed by atoms with Crippen LogP contribution in [0.3, 0.4) is 0 Å². The van der Waals surface area contributed by atoms with E-state index in [4.69, 9.17) is 9.47 Å². The van der Waals surface area contributed by atoms with Crippen molar-refractivity contribution in [3.63, 3.8) is 0 Å². The molecule has 0 aliphatic carbocycles. The monoisotopic (exact) mass is 393 g/mol. The van der Waals surface area contributed by atoms with Crippen LogP contribution in [-0.4, -0.2) is 29.9 Å². The second-order valence-electron chi connectivity index (χ2n) is 6.38. The Kier molecular flexibility index (Phi) is 6.29. The van der Waals surface area contributed by atoms with Crippen molar-refractivity contribution in [2.45, 2.75) is 19.9 Å². The maximum absolute atomic E-state index is 12.5. The van der Waals surface area contributed by atoms with Gasteiger partial charge in [0, 0.05) is 17.7 Å². The van der Waals surface area contributed by atoms with Gasteiger partial charge < -0.3 is 14.8 Å². The molecule has 0 aliphatic rings. The van der Waals surface area contributed by atoms with E-state index >= 15 is 0 Å². The number of anilines is 1. The van der Waals surface area contributed by atoms with Crippen LogP contribution in [0.25, 0.3) is 11.3 Å². The number of methoxy groups -OCH3 is 2. The van der Waals surface area contributed by atoms with Crippen LogP contribution in [0.4, 0.5) is 5.69 Å². The van der Waals surface area contributed by atoms with Gasteiger partial charge >= 0.3 is 0 Å². The molecule has 3 rings (SSSR count). The van der Waals surface area contributed by atoms with E-state index in [1.165, 1.54) is 25.8 Å². The number of carbonyl (C=O) groups excluding carboxylic acids is 1. The largest absolute Gasteiger partial charge is 0.497 e. The predicted molar refractivity (Wildman–Crippen MR) is 111 cm³/mol. The summed E-state index contributed by atoms with van der Waals surface area (Å²) in [6.45, 7) is 1.86. The van der Waals surface area contributed by atoms with Gasteiger partial charge in [0.1, 0.15) is 18.0 Å². The molecule has 1 heterocycles. The molecule has 0 saturated heterocycles. The zero-order chi connectivity index (χ0) is 20.8. The minimum Gasteiger partial charge on any atom is -0.497 e. The normalized spacial score (nSPS) is 10.4. The Morgan fingerprint density at radius 3 is 2.45 bits per heavy atom. The summed E-state index contributed by atoms with van der Waals surface area (Å²) >= 11 is 0. The molecule has 150 valence electrons. The van der Waals surface area contributed by atoms with Crippen molar-refractivity contribution in [1.29, 1.82) is 0 Å². The molecule has 0 bridgehead atoms. The topological polar surface area (TPSA) is 82.5 Å². The summed E-state index contributed by atoms with van der Waals surface area (Å²) in [7, 11) is 3.05. The zero-order valence-corrected chi connectivity index (χ0v) is 16.6. The lowest BCUT2D eigenvalue weighted by Crippen LogP contribution is -2.29. The van der Waals surface area contributed by atoms with Gasteiger partial charge in [0.05, 0.1) is 25.6 Å². The van der Waals surface area contributed by atoms with Gasteiger partial charge in [-0.2, -0.15) is 5.10 Å². The first kappa shape index (κ1) is 20.1. The van der Waals surface area contributed by atoms with E-state index in [2.05, 4.69) is 17.3 Å². The molecule has 1 amide bonds. The van der Waals surface area contributed by atoms with Crippen LogP contribution in [0.15, 0.2) is 59.4 Å². The molecule has 0 unspecified atom stereocenters. The lowest BCUT2D eigenvalue weighted by Gasteiger charge is -2.12. The van der Waals surface area contributed by atoms with E-state index in [1.807, 2.05) is 24.3 Å². The van der Waals surface area contributed by atoms with Crippen molar-refractivity contribution in [2.75, 3.05) is 19.5 Å². The van der Waals surface area contributed by atoms with Crippen LogP contribution in [0.5, 0.6) is 11.5 Å². The van der Waals surface area contributed by atoms with Gasteiger partial charge in [-0.1, -0.05) is 31.2 Å². The van der Waals surface area contributed by atoms with Gasteiger partial charge in [0.25, 0.3) is 5.56 Å². The average molecular weight is 393 g/mol. The van der Waals surface area contributed by atoms with Crippen LogP contribution in [0.2, 0.25) is 0 Å². The Bertz CT molecular complexity index is 1060. The van der Waals surface area contributed by atoms with Crippen LogP contribution in [0.1, 0.15) is 12.5 Å². The molecule has 1 N–H and O–H groups in total. The van der Waals surface area contributed by atoms with Gasteiger partial charge in [-0.25, -0.2) is 4.68 Å². The molecule has 2 aromatic carbocycles. The summed E-state index contributed by atoms with van der Waals surface area (Å²) in [6.07, 6.45) is 0.946. The van der Waals surface area contributed by atoms with E-state index in [1.54, 1.807) is 24.3 Å². The van der Waals surface area contributed by atoms with Crippen LogP contribution >= 0.6 is 0 Å². The highest BCUT2D eigenvalue weighted by atomic mass is 16.5. The lowest BCUT2D eigenvalue weighted by atomic mass is 10.1. The second kappa shape index (κ2) is 9.05. The highest BCUT2D eigenvalue weighted by molar-refractivity contribution is 5.92. The molecule has 1 aromatic heterocycles. The number of amides is 1. The van der Waals surface area contributed by atoms with Gasteiger partial charge in [-0.05, 0) is 30.2 Å². The number of rotatable bonds is 7. The zero-order valence-electron chi connectivity index (χ0n) is 16.6. The SMILES string of the molecule is CCc1ccc(-c2ccc(=O)n(CC(=O)Nc3cc(OC)ccc3OC)n2)cc1. The van der Waals surface area contributed by atoms with Gasteiger partial charge in [-0.3, -0.25) is 9.59 Å². The summed E-state index contributed by atoms with van der Waals surface area (Å²) in [6, 6.07) is 16.1. The summed E-state index contributed by atoms with van der Waals surface area (Å²) in [5, 5.41) is 7.09. The third kappa shape index (κ3) is 4.82. The summed E-state index contributed by atoms with van der Waals surface area (Å²) in [5.41, 5.74) is 2.82. The maximum Gasteiger partial charge on any atom is 0.267 e. The number of hydrogen-bond donors (Lipinski definition) is 1. The van der Waals surface area contributed by atoms with Crippen LogP contribution in [-0.2, 0) is 17.8 Å². The molecule has 0 aliphatic heterocycles. The molecule has 0 spiro atoms. The number of ether oxygens (including phenoxy) is 2. The smallest absolute Gasteiger partial charge is 0.267 e. The minimum absolute atomic E-state index is 0.222. The molecular weight excluding hydrogens is 370 g/mol. The van der Waals surface area contributed by atoms with Crippen molar-refractivity contribution >= 4 is 11.6 Å². The second-order valence-corrected chi connectivity index (χ2v) is 6.38. The molecule has 0 fully saturated rings. The first-order chi connectivity index (χ1) is 14.0. The fourth-order valence-electron chi connectivity index (χ4n) is 2.86. The van der Waals surface area contributed by atoms with E-state index in [0.717, 1.165) is 16.7 Å². The number of hydrogen-bond acceptors (Lipinski definition) is 5. The van der Waals surface area contributed by atoms with Crippen molar-refractivity contribution in [3.8, 4) is 22.8 Å². The standard InChI is InChI=1S/C22H23N3O4/c1-4-15-5-7-16(8-6-15)18-10-12-22(27)25(24-18)14-21(26)23-19-13-17(28-2)9-11-20(19)29-3/h5-13H,4,14H2,1-3H3,(H,23,26). The third-order valence-corrected chi connectivity index (χ3v) is 4.50. The van der Waals surface area contributed by atoms with Crippen molar-refractivity contribution in [3.05, 3.63) is 70.5 Å². The predicted octanol–water partition coefficient (Wildman–Crippen LogP) is 3.13. The number of aromatic nitrogens is 2. The Labute approximate surface area is 168 Å². The van der Waals surface area contributed by atoms with Gasteiger partial charge in [-0.15, -0.1) is 0 Å². The Balaban J connectivity index is 1.81. The van der Waals surface area contributed by atoms with E-state index in [0.29, 0.717) is 22.9 Å². The van der Waals surface area contributed by atoms with E-state index in [-0.39, 0.29) is 12.1 Å². The average Bonchev–Trinajstić information content (AvgIpc) is 2.75. The van der Waals surface area contributed by atoms with Crippen molar-refractivity contribution in [1.82, 2.24) is 9.78 Å². The quantitative estimate of drug-likeness (QED) is 0.667. The minimum atomic E-state index is -0.398. The van der Waals surface area contributed by atoms with Gasteiger partial charge in [0.15, 0.2) is 0 Å². The number of aryl methyl sites for hydroxylation is 1. The molecule has 0 radical (unpaired) electrons. The fourth-order valence-corrected chi connectivity index (χ4v) is 2.86. The molecule has 7 nitrogen and oxygen atoms in total. The van der Waals surface area contributed by atoms with E-state index < -0.39 is 5.91 Å². The Morgan fingerprint density at radius 2 is 1.79 bits per heavy atom. The lowest BCUT2D eigenvalue weighted by molar-refractivity contribution is -0.117. The molecule has 29 heavy (non-hydrogen) atoms. The summed E-state index contributed by atoms with van der Waals surface area (Å²) in [5.74, 6) is 0.669. The van der Waals surface area contributed by atoms with E-state index in [9.17, 15) is 9.59 Å². The molecule has 7 heteroatoms. The summed E-state index contributed by atoms with van der Waals surface area (Å²) < 4.78 is 11.6. The maximum atomic E-state index is 12.5. The molecular formula is C22H23N3O4. The van der Waals surface area contributed by atoms with Gasteiger partial charge in [0.2, 0.25) is 5.91 Å². The molecule has 3 aromatic rings. The number of carbonyl (C=O) groups is 1. The van der Waals surface area contributed by atoms with Crippen LogP contribution < -0.4 is 20.3 Å². The number of benzene rings is 2. The first-order valence-electron chi connectivity index (χ1n) is 9.23. The highest BCUT2D eigenvalue weighted by Gasteiger charge is 2.12. The third-order valence-electron chi connectivity index (χ3n) is 4.50. The van der Waals surface area contributed by atoms with Crippen molar-refractivity contribution in [2.24, 2.45) is 0 Å². The molecule has 0 atom stereocenters. The van der Waals surface area contributed by atoms with Crippen LogP contribution in [0, 0.1) is 0 Å². The fraction of sp³-hybridized carbons (Fsp3) is 0.227. The Hall–Kier alpha value is -3.61. The number of nitrogens with one attached hydrogen (secondary N) is 1. The molecule has 0 saturated carbocycles. The summed E-state index contributed by atoms with van der Waals surface area (Å²) in [4.78, 5) is 24.7. The number of nitrogens with zero attached hydrogens (tertiary/aromatic N) is 2.